The number of nitrogens with zero attached hydrogens (tertiary/aromatic N) is 7. The third kappa shape index (κ3) is 7.49. The first-order valence-corrected chi connectivity index (χ1v) is 13.1. The van der Waals surface area contributed by atoms with Crippen LogP contribution < -0.4 is 15.1 Å². The lowest BCUT2D eigenvalue weighted by Gasteiger charge is -2.28. The third-order valence-corrected chi connectivity index (χ3v) is 6.38. The molecule has 2 aliphatic heterocycles. The van der Waals surface area contributed by atoms with Gasteiger partial charge in [0.05, 0.1) is 44.4 Å². The molecule has 0 radical (unpaired) electrons. The van der Waals surface area contributed by atoms with E-state index in [4.69, 9.17) is 44.3 Å². The first-order chi connectivity index (χ1) is 19.1. The smallest absolute Gasteiger partial charge is 0.226 e. The predicted octanol–water partition coefficient (Wildman–Crippen LogP) is 4.71. The number of hydrogen-bond acceptors (Lipinski definition) is 10. The standard InChI is InChI=1S/C15H15ClF3N5O.C8H8Cl2FN3O/c1-8(12-10(18)6-9(17)7-20-12)21-13-11(19)14(23-15(16)22-13)24-2-4-25-5-3-24;9-6-5(11)7(13-8(10)12-6)14-1-3-15-4-2-14/h6-8H,2-5H2,1H3,(H,21,22,23);1-4H2. The Labute approximate surface area is 241 Å². The zero-order valence-electron chi connectivity index (χ0n) is 21.0. The Balaban J connectivity index is 0.000000210. The second-order valence-corrected chi connectivity index (χ2v) is 9.52. The summed E-state index contributed by atoms with van der Waals surface area (Å²) in [4.78, 5) is 22.2. The summed E-state index contributed by atoms with van der Waals surface area (Å²) in [5.41, 5.74) is -0.0662. The predicted molar refractivity (Wildman–Crippen MR) is 141 cm³/mol. The van der Waals surface area contributed by atoms with E-state index in [0.717, 1.165) is 6.20 Å². The van der Waals surface area contributed by atoms with Crippen molar-refractivity contribution < 1.29 is 27.0 Å². The van der Waals surface area contributed by atoms with E-state index in [1.165, 1.54) is 0 Å². The highest BCUT2D eigenvalue weighted by Crippen LogP contribution is 2.28. The van der Waals surface area contributed by atoms with E-state index in [9.17, 15) is 17.6 Å². The van der Waals surface area contributed by atoms with Gasteiger partial charge in [0.25, 0.3) is 0 Å². The average Bonchev–Trinajstić information content (AvgIpc) is 2.93. The van der Waals surface area contributed by atoms with Gasteiger partial charge in [0.15, 0.2) is 22.6 Å². The summed E-state index contributed by atoms with van der Waals surface area (Å²) >= 11 is 17.1. The van der Waals surface area contributed by atoms with Crippen LogP contribution in [0.4, 0.5) is 35.0 Å². The molecule has 216 valence electrons. The maximum Gasteiger partial charge on any atom is 0.226 e. The molecule has 1 N–H and O–H groups in total. The molecule has 0 aliphatic carbocycles. The van der Waals surface area contributed by atoms with Gasteiger partial charge in [0.2, 0.25) is 22.2 Å². The summed E-state index contributed by atoms with van der Waals surface area (Å²) in [6.07, 6.45) is 0.888. The highest BCUT2D eigenvalue weighted by molar-refractivity contribution is 6.32. The van der Waals surface area contributed by atoms with E-state index in [1.54, 1.807) is 16.7 Å². The molecule has 0 saturated carbocycles. The van der Waals surface area contributed by atoms with Gasteiger partial charge in [-0.25, -0.2) is 13.8 Å². The molecule has 0 spiro atoms. The van der Waals surface area contributed by atoms with E-state index >= 15 is 0 Å². The van der Waals surface area contributed by atoms with E-state index < -0.39 is 29.3 Å². The van der Waals surface area contributed by atoms with Crippen molar-refractivity contribution >= 4 is 52.3 Å². The minimum Gasteiger partial charge on any atom is -0.378 e. The Hall–Kier alpha value is -2.78. The summed E-state index contributed by atoms with van der Waals surface area (Å²) in [5.74, 6) is -2.97. The van der Waals surface area contributed by atoms with Crippen molar-refractivity contribution in [3.63, 3.8) is 0 Å². The first-order valence-electron chi connectivity index (χ1n) is 12.0. The van der Waals surface area contributed by atoms with E-state index in [0.29, 0.717) is 58.7 Å². The highest BCUT2D eigenvalue weighted by Gasteiger charge is 2.24. The van der Waals surface area contributed by atoms with E-state index in [2.05, 4.69) is 30.2 Å². The Morgan fingerprint density at radius 3 is 1.88 bits per heavy atom. The van der Waals surface area contributed by atoms with Crippen molar-refractivity contribution in [2.75, 3.05) is 67.7 Å². The summed E-state index contributed by atoms with van der Waals surface area (Å²) in [6.45, 7) is 5.60. The normalized spacial score (nSPS) is 16.3. The molecule has 0 amide bonds. The molecule has 5 heterocycles. The SMILES string of the molecule is CC(Nc1nc(Cl)nc(N2CCOCC2)c1F)c1ncc(F)cc1F.Fc1c(Cl)nc(Cl)nc1N1CCOCC1. The summed E-state index contributed by atoms with van der Waals surface area (Å²) in [6, 6.07) is -0.0539. The van der Waals surface area contributed by atoms with Crippen LogP contribution in [0.1, 0.15) is 18.7 Å². The van der Waals surface area contributed by atoms with Crippen molar-refractivity contribution in [3.8, 4) is 0 Å². The number of halogens is 7. The average molecular weight is 626 g/mol. The lowest BCUT2D eigenvalue weighted by Crippen LogP contribution is -2.37. The summed E-state index contributed by atoms with van der Waals surface area (Å²) in [5, 5.41) is 2.26. The number of aromatic nitrogens is 5. The minimum atomic E-state index is -0.839. The largest absolute Gasteiger partial charge is 0.378 e. The molecule has 2 aliphatic rings. The fourth-order valence-electron chi connectivity index (χ4n) is 3.87. The number of hydrogen-bond donors (Lipinski definition) is 1. The number of morpholine rings is 2. The van der Waals surface area contributed by atoms with Gasteiger partial charge in [-0.05, 0) is 30.1 Å². The second-order valence-electron chi connectivity index (χ2n) is 8.49. The first kappa shape index (κ1) is 30.2. The fourth-order valence-corrected chi connectivity index (χ4v) is 4.41. The summed E-state index contributed by atoms with van der Waals surface area (Å²) in [7, 11) is 0. The number of anilines is 3. The van der Waals surface area contributed by atoms with Gasteiger partial charge >= 0.3 is 0 Å². The number of pyridine rings is 1. The lowest BCUT2D eigenvalue weighted by molar-refractivity contribution is 0.122. The van der Waals surface area contributed by atoms with Crippen LogP contribution in [-0.4, -0.2) is 77.5 Å². The van der Waals surface area contributed by atoms with Gasteiger partial charge in [-0.15, -0.1) is 0 Å². The van der Waals surface area contributed by atoms with E-state index in [1.807, 2.05) is 0 Å². The maximum absolute atomic E-state index is 14.8. The van der Waals surface area contributed by atoms with Gasteiger partial charge in [-0.2, -0.15) is 23.7 Å². The molecule has 17 heteroatoms. The Morgan fingerprint density at radius 2 is 1.32 bits per heavy atom. The Morgan fingerprint density at radius 1 is 0.800 bits per heavy atom. The molecule has 3 aromatic heterocycles. The molecule has 5 rings (SSSR count). The zero-order chi connectivity index (χ0) is 28.8. The molecule has 40 heavy (non-hydrogen) atoms. The number of rotatable bonds is 5. The molecule has 2 fully saturated rings. The van der Waals surface area contributed by atoms with Gasteiger partial charge in [0.1, 0.15) is 11.6 Å². The molecule has 0 aromatic carbocycles. The van der Waals surface area contributed by atoms with Gasteiger partial charge < -0.3 is 24.6 Å². The minimum absolute atomic E-state index is 0.0468. The molecule has 3 aromatic rings. The molecular formula is C23H23Cl3F4N8O2. The van der Waals surface area contributed by atoms with E-state index in [-0.39, 0.29) is 38.9 Å². The Bertz CT molecular complexity index is 1330. The topological polar surface area (TPSA) is 101 Å². The fraction of sp³-hybridized carbons (Fsp3) is 0.435. The monoisotopic (exact) mass is 624 g/mol. The van der Waals surface area contributed by atoms with Gasteiger partial charge in [0, 0.05) is 32.2 Å². The molecule has 10 nitrogen and oxygen atoms in total. The number of ether oxygens (including phenoxy) is 2. The quantitative estimate of drug-likeness (QED) is 0.244. The maximum atomic E-state index is 14.8. The van der Waals surface area contributed by atoms with Crippen LogP contribution >= 0.6 is 34.8 Å². The van der Waals surface area contributed by atoms with Crippen LogP contribution in [0, 0.1) is 23.3 Å². The second kappa shape index (κ2) is 13.7. The van der Waals surface area contributed by atoms with Crippen molar-refractivity contribution in [3.05, 3.63) is 56.9 Å². The van der Waals surface area contributed by atoms with Crippen LogP contribution in [-0.2, 0) is 9.47 Å². The lowest BCUT2D eigenvalue weighted by atomic mass is 10.2. The zero-order valence-corrected chi connectivity index (χ0v) is 23.2. The van der Waals surface area contributed by atoms with Crippen LogP contribution in [0.15, 0.2) is 12.3 Å². The van der Waals surface area contributed by atoms with Gasteiger partial charge in [-0.3, -0.25) is 4.98 Å². The van der Waals surface area contributed by atoms with Crippen LogP contribution in [0.25, 0.3) is 0 Å². The third-order valence-electron chi connectivity index (χ3n) is 5.79. The molecule has 2 saturated heterocycles. The molecular weight excluding hydrogens is 603 g/mol. The van der Waals surface area contributed by atoms with Crippen LogP contribution in [0.2, 0.25) is 15.7 Å². The summed E-state index contributed by atoms with van der Waals surface area (Å²) < 4.78 is 65.5. The molecule has 0 bridgehead atoms. The van der Waals surface area contributed by atoms with Crippen LogP contribution in [0.3, 0.4) is 0 Å². The Kier molecular flexibility index (Phi) is 10.4. The number of nitrogens with one attached hydrogen (secondary N) is 1. The van der Waals surface area contributed by atoms with Gasteiger partial charge in [-0.1, -0.05) is 11.6 Å². The van der Waals surface area contributed by atoms with Crippen molar-refractivity contribution in [1.29, 1.82) is 0 Å². The van der Waals surface area contributed by atoms with Crippen molar-refractivity contribution in [1.82, 2.24) is 24.9 Å². The highest BCUT2D eigenvalue weighted by atomic mass is 35.5. The molecule has 1 atom stereocenters. The van der Waals surface area contributed by atoms with Crippen molar-refractivity contribution in [2.45, 2.75) is 13.0 Å². The van der Waals surface area contributed by atoms with Crippen LogP contribution in [0.5, 0.6) is 0 Å². The van der Waals surface area contributed by atoms with Crippen molar-refractivity contribution in [2.24, 2.45) is 0 Å². The molecule has 1 unspecified atom stereocenters.